The van der Waals surface area contributed by atoms with Crippen molar-refractivity contribution in [3.63, 3.8) is 0 Å². The number of hydrogen-bond acceptors (Lipinski definition) is 3. The van der Waals surface area contributed by atoms with Crippen LogP contribution in [0, 0.1) is 5.92 Å². The van der Waals surface area contributed by atoms with E-state index in [-0.39, 0.29) is 34.9 Å². The predicted octanol–water partition coefficient (Wildman–Crippen LogP) is 2.09. The van der Waals surface area contributed by atoms with Crippen LogP contribution in [0.2, 0.25) is 0 Å². The highest BCUT2D eigenvalue weighted by atomic mass is 16.2. The molecule has 2 atom stereocenters. The van der Waals surface area contributed by atoms with Crippen molar-refractivity contribution < 1.29 is 9.59 Å². The minimum absolute atomic E-state index is 0.00790. The predicted molar refractivity (Wildman–Crippen MR) is 89.2 cm³/mol. The molecule has 3 N–H and O–H groups in total. The highest BCUT2D eigenvalue weighted by molar-refractivity contribution is 5.96. The quantitative estimate of drug-likeness (QED) is 0.731. The van der Waals surface area contributed by atoms with Crippen molar-refractivity contribution in [1.29, 1.82) is 0 Å². The van der Waals surface area contributed by atoms with Crippen LogP contribution in [0.5, 0.6) is 0 Å². The molecule has 1 heterocycles. The van der Waals surface area contributed by atoms with Crippen molar-refractivity contribution in [3.8, 4) is 0 Å². The summed E-state index contributed by atoms with van der Waals surface area (Å²) in [6.07, 6.45) is 0.462. The van der Waals surface area contributed by atoms with Gasteiger partial charge in [-0.05, 0) is 61.8 Å². The fourth-order valence-corrected chi connectivity index (χ4v) is 2.54. The molecule has 0 fully saturated rings. The minimum Gasteiger partial charge on any atom is -0.385 e. The maximum absolute atomic E-state index is 12.5. The van der Waals surface area contributed by atoms with Crippen LogP contribution in [0.15, 0.2) is 11.3 Å². The Morgan fingerprint density at radius 2 is 1.55 bits per heavy atom. The van der Waals surface area contributed by atoms with E-state index in [4.69, 9.17) is 0 Å². The molecule has 1 aliphatic heterocycles. The Balaban J connectivity index is 2.91. The molecule has 1 rings (SSSR count). The molecule has 0 saturated carbocycles. The van der Waals surface area contributed by atoms with Crippen molar-refractivity contribution in [2.24, 2.45) is 5.92 Å². The first-order valence-electron chi connectivity index (χ1n) is 7.91. The zero-order valence-electron chi connectivity index (χ0n) is 15.2. The van der Waals surface area contributed by atoms with Crippen LogP contribution < -0.4 is 16.0 Å². The van der Waals surface area contributed by atoms with Gasteiger partial charge in [0.1, 0.15) is 0 Å². The maximum atomic E-state index is 12.5. The number of allylic oxidation sites excluding steroid dienone is 1. The molecule has 0 bridgehead atoms. The largest absolute Gasteiger partial charge is 0.385 e. The second kappa shape index (κ2) is 6.31. The van der Waals surface area contributed by atoms with E-state index in [9.17, 15) is 9.59 Å². The first-order chi connectivity index (χ1) is 9.80. The minimum atomic E-state index is -0.295. The fourth-order valence-electron chi connectivity index (χ4n) is 2.54. The number of carbonyl (C=O) groups excluding carboxylic acids is 2. The molecule has 0 unspecified atom stereocenters. The molecule has 0 spiro atoms. The maximum Gasteiger partial charge on any atom is 0.249 e. The van der Waals surface area contributed by atoms with Crippen LogP contribution in [0.25, 0.3) is 0 Å². The second-order valence-electron chi connectivity index (χ2n) is 8.29. The van der Waals surface area contributed by atoms with Gasteiger partial charge in [-0.1, -0.05) is 0 Å². The zero-order valence-corrected chi connectivity index (χ0v) is 15.2. The van der Waals surface area contributed by atoms with E-state index in [0.717, 1.165) is 5.70 Å². The van der Waals surface area contributed by atoms with E-state index in [0.29, 0.717) is 12.0 Å². The molecule has 5 heteroatoms. The lowest BCUT2D eigenvalue weighted by Gasteiger charge is -2.34. The van der Waals surface area contributed by atoms with Crippen molar-refractivity contribution in [3.05, 3.63) is 11.3 Å². The summed E-state index contributed by atoms with van der Waals surface area (Å²) < 4.78 is 0. The first kappa shape index (κ1) is 18.5. The number of carbonyl (C=O) groups is 2. The van der Waals surface area contributed by atoms with Crippen LogP contribution in [-0.4, -0.2) is 28.9 Å². The van der Waals surface area contributed by atoms with Gasteiger partial charge in [-0.3, -0.25) is 9.59 Å². The van der Waals surface area contributed by atoms with Crippen LogP contribution in [0.1, 0.15) is 61.8 Å². The average Bonchev–Trinajstić information content (AvgIpc) is 2.23. The van der Waals surface area contributed by atoms with Crippen molar-refractivity contribution in [1.82, 2.24) is 16.0 Å². The van der Waals surface area contributed by atoms with Gasteiger partial charge < -0.3 is 16.0 Å². The second-order valence-corrected chi connectivity index (χ2v) is 8.29. The van der Waals surface area contributed by atoms with Crippen molar-refractivity contribution in [2.75, 3.05) is 0 Å². The summed E-state index contributed by atoms with van der Waals surface area (Å²) in [5.41, 5.74) is 0.952. The standard InChI is InChI=1S/C17H31N3O2/c1-10-12(14(21)19-16(3,4)5)9-13(11(2)18-10)15(22)20-17(6,7)8/h10,12,18H,9H2,1-8H3,(H,19,21)(H,20,22)/t10-,12+/m0/s1. The van der Waals surface area contributed by atoms with Crippen LogP contribution in [-0.2, 0) is 9.59 Å². The van der Waals surface area contributed by atoms with Gasteiger partial charge in [-0.25, -0.2) is 0 Å². The Kier molecular flexibility index (Phi) is 5.31. The fraction of sp³-hybridized carbons (Fsp3) is 0.765. The van der Waals surface area contributed by atoms with E-state index in [1.807, 2.05) is 55.4 Å². The zero-order chi connectivity index (χ0) is 17.3. The third-order valence-electron chi connectivity index (χ3n) is 3.52. The van der Waals surface area contributed by atoms with Gasteiger partial charge in [0.25, 0.3) is 0 Å². The van der Waals surface area contributed by atoms with E-state index in [2.05, 4.69) is 16.0 Å². The van der Waals surface area contributed by atoms with Crippen LogP contribution in [0.4, 0.5) is 0 Å². The molecule has 0 saturated heterocycles. The van der Waals surface area contributed by atoms with E-state index < -0.39 is 0 Å². The molecule has 2 amide bonds. The molecule has 0 aromatic carbocycles. The highest BCUT2D eigenvalue weighted by Crippen LogP contribution is 2.25. The van der Waals surface area contributed by atoms with Gasteiger partial charge in [0.15, 0.2) is 0 Å². The Labute approximate surface area is 134 Å². The van der Waals surface area contributed by atoms with E-state index >= 15 is 0 Å². The van der Waals surface area contributed by atoms with Gasteiger partial charge in [0, 0.05) is 28.4 Å². The molecule has 0 aromatic heterocycles. The lowest BCUT2D eigenvalue weighted by Crippen LogP contribution is -2.52. The third kappa shape index (κ3) is 5.35. The number of nitrogens with one attached hydrogen (secondary N) is 3. The Bertz CT molecular complexity index is 481. The Morgan fingerprint density at radius 1 is 1.05 bits per heavy atom. The number of hydrogen-bond donors (Lipinski definition) is 3. The average molecular weight is 309 g/mol. The topological polar surface area (TPSA) is 70.2 Å². The Hall–Kier alpha value is -1.52. The number of rotatable bonds is 2. The SMILES string of the molecule is CC1=C(C(=O)NC(C)(C)C)C[C@@H](C(=O)NC(C)(C)C)[C@H](C)N1. The van der Waals surface area contributed by atoms with Gasteiger partial charge in [0.05, 0.1) is 5.92 Å². The molecule has 0 radical (unpaired) electrons. The van der Waals surface area contributed by atoms with E-state index in [1.165, 1.54) is 0 Å². The summed E-state index contributed by atoms with van der Waals surface area (Å²) in [7, 11) is 0. The lowest BCUT2D eigenvalue weighted by atomic mass is 9.86. The van der Waals surface area contributed by atoms with Gasteiger partial charge in [-0.15, -0.1) is 0 Å². The van der Waals surface area contributed by atoms with Crippen molar-refractivity contribution in [2.45, 2.75) is 78.9 Å². The summed E-state index contributed by atoms with van der Waals surface area (Å²) in [6, 6.07) is 0.00790. The van der Waals surface area contributed by atoms with Crippen LogP contribution in [0.3, 0.4) is 0 Å². The molecular formula is C17H31N3O2. The summed E-state index contributed by atoms with van der Waals surface area (Å²) in [5.74, 6) is -0.359. The van der Waals surface area contributed by atoms with E-state index in [1.54, 1.807) is 0 Å². The molecule has 1 aliphatic rings. The smallest absolute Gasteiger partial charge is 0.249 e. The van der Waals surface area contributed by atoms with Crippen LogP contribution >= 0.6 is 0 Å². The molecule has 0 aromatic rings. The summed E-state index contributed by atoms with van der Waals surface area (Å²) in [6.45, 7) is 15.6. The highest BCUT2D eigenvalue weighted by Gasteiger charge is 2.35. The molecule has 0 aliphatic carbocycles. The van der Waals surface area contributed by atoms with Gasteiger partial charge in [-0.2, -0.15) is 0 Å². The van der Waals surface area contributed by atoms with Gasteiger partial charge >= 0.3 is 0 Å². The molecule has 22 heavy (non-hydrogen) atoms. The number of amides is 2. The normalized spacial score (nSPS) is 22.9. The summed E-state index contributed by atoms with van der Waals surface area (Å²) >= 11 is 0. The van der Waals surface area contributed by atoms with Gasteiger partial charge in [0.2, 0.25) is 11.8 Å². The monoisotopic (exact) mass is 309 g/mol. The Morgan fingerprint density at radius 3 is 2.00 bits per heavy atom. The molecular weight excluding hydrogens is 278 g/mol. The first-order valence-corrected chi connectivity index (χ1v) is 7.91. The summed E-state index contributed by atoms with van der Waals surface area (Å²) in [4.78, 5) is 24.9. The third-order valence-corrected chi connectivity index (χ3v) is 3.52. The summed E-state index contributed by atoms with van der Waals surface area (Å²) in [5, 5.41) is 9.25. The lowest BCUT2D eigenvalue weighted by molar-refractivity contribution is -0.127. The van der Waals surface area contributed by atoms with Crippen molar-refractivity contribution >= 4 is 11.8 Å². The molecule has 126 valence electrons. The molecule has 5 nitrogen and oxygen atoms in total.